The summed E-state index contributed by atoms with van der Waals surface area (Å²) in [7, 11) is 0. The summed E-state index contributed by atoms with van der Waals surface area (Å²) in [6, 6.07) is 5.87. The molecule has 2 aliphatic heterocycles. The Kier molecular flexibility index (Phi) is 2.99. The van der Waals surface area contributed by atoms with Crippen LogP contribution in [0.5, 0.6) is 5.75 Å². The van der Waals surface area contributed by atoms with Gasteiger partial charge < -0.3 is 9.64 Å². The molecule has 1 fully saturated rings. The average Bonchev–Trinajstić information content (AvgIpc) is 3.32. The smallest absolute Gasteiger partial charge is 0.253 e. The first-order valence-electron chi connectivity index (χ1n) is 8.83. The highest BCUT2D eigenvalue weighted by molar-refractivity contribution is 5.94. The minimum atomic E-state index is 0.0829. The molecule has 5 heteroatoms. The minimum absolute atomic E-state index is 0.0829. The number of amides is 1. The van der Waals surface area contributed by atoms with Gasteiger partial charge in [-0.15, -0.1) is 0 Å². The largest absolute Gasteiger partial charge is 0.493 e. The van der Waals surface area contributed by atoms with Crippen molar-refractivity contribution in [3.8, 4) is 5.75 Å². The number of hydrogen-bond donors (Lipinski definition) is 1. The summed E-state index contributed by atoms with van der Waals surface area (Å²) in [5.74, 6) is 1.08. The highest BCUT2D eigenvalue weighted by atomic mass is 16.5. The Balaban J connectivity index is 1.42. The number of aromatic amines is 1. The maximum atomic E-state index is 13.0. The third-order valence-electron chi connectivity index (χ3n) is 5.92. The first-order chi connectivity index (χ1) is 11.8. The third-order valence-corrected chi connectivity index (χ3v) is 5.92. The standard InChI is InChI=1S/C19H21N3O2/c23-18(14-2-3-16-13(10-14)5-9-24-16)22-8-1-6-19(12-22)7-4-15-11-20-21-17(15)19/h2-3,10-11H,1,4-9,12H2,(H,20,21). The number of fused-ring (bicyclic) bond motifs is 3. The van der Waals surface area contributed by atoms with Crippen molar-refractivity contribution in [3.63, 3.8) is 0 Å². The van der Waals surface area contributed by atoms with Crippen molar-refractivity contribution in [2.24, 2.45) is 0 Å². The van der Waals surface area contributed by atoms with E-state index in [4.69, 9.17) is 4.74 Å². The number of aryl methyl sites for hydroxylation is 1. The Bertz CT molecular complexity index is 813. The second-order valence-corrected chi connectivity index (χ2v) is 7.30. The van der Waals surface area contributed by atoms with Crippen LogP contribution in [-0.4, -0.2) is 40.7 Å². The predicted octanol–water partition coefficient (Wildman–Crippen LogP) is 2.46. The number of hydrogen-bond acceptors (Lipinski definition) is 3. The highest BCUT2D eigenvalue weighted by Gasteiger charge is 2.44. The first-order valence-corrected chi connectivity index (χ1v) is 8.83. The fraction of sp³-hybridized carbons (Fsp3) is 0.474. The van der Waals surface area contributed by atoms with Crippen molar-refractivity contribution in [1.29, 1.82) is 0 Å². The maximum absolute atomic E-state index is 13.0. The quantitative estimate of drug-likeness (QED) is 0.877. The lowest BCUT2D eigenvalue weighted by Crippen LogP contribution is -2.47. The molecule has 1 aromatic heterocycles. The molecular weight excluding hydrogens is 302 g/mol. The van der Waals surface area contributed by atoms with Crippen LogP contribution in [0.4, 0.5) is 0 Å². The lowest BCUT2D eigenvalue weighted by atomic mass is 9.77. The van der Waals surface area contributed by atoms with E-state index in [2.05, 4.69) is 10.2 Å². The predicted molar refractivity (Wildman–Crippen MR) is 89.4 cm³/mol. The van der Waals surface area contributed by atoms with Gasteiger partial charge in [-0.2, -0.15) is 5.10 Å². The van der Waals surface area contributed by atoms with E-state index < -0.39 is 0 Å². The molecule has 1 N–H and O–H groups in total. The van der Waals surface area contributed by atoms with Crippen molar-refractivity contribution in [2.45, 2.75) is 37.5 Å². The molecule has 3 heterocycles. The molecule has 5 nitrogen and oxygen atoms in total. The molecule has 1 spiro atoms. The van der Waals surface area contributed by atoms with Gasteiger partial charge in [-0.25, -0.2) is 0 Å². The fourth-order valence-electron chi connectivity index (χ4n) is 4.67. The summed E-state index contributed by atoms with van der Waals surface area (Å²) in [6.45, 7) is 2.37. The summed E-state index contributed by atoms with van der Waals surface area (Å²) in [6.07, 6.45) is 7.24. The van der Waals surface area contributed by atoms with Crippen molar-refractivity contribution in [3.05, 3.63) is 46.8 Å². The molecule has 2 aromatic rings. The van der Waals surface area contributed by atoms with E-state index in [1.54, 1.807) is 0 Å². The number of ether oxygens (including phenoxy) is 1. The number of benzene rings is 1. The number of rotatable bonds is 1. The van der Waals surface area contributed by atoms with Crippen LogP contribution >= 0.6 is 0 Å². The van der Waals surface area contributed by atoms with Crippen LogP contribution in [0, 0.1) is 0 Å². The number of carbonyl (C=O) groups is 1. The number of aromatic nitrogens is 2. The molecule has 5 rings (SSSR count). The Morgan fingerprint density at radius 3 is 3.17 bits per heavy atom. The van der Waals surface area contributed by atoms with Crippen molar-refractivity contribution >= 4 is 5.91 Å². The van der Waals surface area contributed by atoms with Gasteiger partial charge in [0.25, 0.3) is 5.91 Å². The molecule has 1 aliphatic carbocycles. The van der Waals surface area contributed by atoms with Gasteiger partial charge in [-0.05, 0) is 55.0 Å². The zero-order chi connectivity index (χ0) is 16.1. The fourth-order valence-corrected chi connectivity index (χ4v) is 4.67. The molecule has 1 amide bonds. The molecule has 1 atom stereocenters. The van der Waals surface area contributed by atoms with Crippen molar-refractivity contribution in [1.82, 2.24) is 15.1 Å². The topological polar surface area (TPSA) is 58.2 Å². The lowest BCUT2D eigenvalue weighted by molar-refractivity contribution is 0.0633. The monoisotopic (exact) mass is 323 g/mol. The summed E-state index contributed by atoms with van der Waals surface area (Å²) in [4.78, 5) is 15.1. The van der Waals surface area contributed by atoms with Gasteiger partial charge in [0.05, 0.1) is 12.8 Å². The van der Waals surface area contributed by atoms with Gasteiger partial charge in [0.15, 0.2) is 0 Å². The van der Waals surface area contributed by atoms with E-state index in [-0.39, 0.29) is 11.3 Å². The van der Waals surface area contributed by atoms with Crippen LogP contribution in [0.1, 0.15) is 46.4 Å². The molecule has 124 valence electrons. The molecule has 0 saturated carbocycles. The number of H-pyrrole nitrogens is 1. The second-order valence-electron chi connectivity index (χ2n) is 7.30. The second kappa shape index (κ2) is 5.10. The van der Waals surface area contributed by atoms with Gasteiger partial charge in [-0.3, -0.25) is 9.89 Å². The van der Waals surface area contributed by atoms with E-state index in [1.807, 2.05) is 29.3 Å². The number of piperidine rings is 1. The molecular formula is C19H21N3O2. The lowest BCUT2D eigenvalue weighted by Gasteiger charge is -2.40. The Hall–Kier alpha value is -2.30. The average molecular weight is 323 g/mol. The first kappa shape index (κ1) is 14.1. The zero-order valence-corrected chi connectivity index (χ0v) is 13.7. The molecule has 24 heavy (non-hydrogen) atoms. The summed E-state index contributed by atoms with van der Waals surface area (Å²) in [5, 5.41) is 7.43. The van der Waals surface area contributed by atoms with Gasteiger partial charge >= 0.3 is 0 Å². The van der Waals surface area contributed by atoms with Gasteiger partial charge in [-0.1, -0.05) is 0 Å². The molecule has 3 aliphatic rings. The van der Waals surface area contributed by atoms with Crippen LogP contribution in [0.15, 0.2) is 24.4 Å². The van der Waals surface area contributed by atoms with Crippen LogP contribution in [0.2, 0.25) is 0 Å². The van der Waals surface area contributed by atoms with Gasteiger partial charge in [0.2, 0.25) is 0 Å². The minimum Gasteiger partial charge on any atom is -0.493 e. The van der Waals surface area contributed by atoms with E-state index in [0.717, 1.165) is 68.7 Å². The Labute approximate surface area is 141 Å². The SMILES string of the molecule is O=C(c1ccc2c(c1)CCO2)N1CCCC2(CCc3cn[nH]c32)C1. The maximum Gasteiger partial charge on any atom is 0.253 e. The normalized spacial score (nSPS) is 24.8. The molecule has 0 radical (unpaired) electrons. The molecule has 1 saturated heterocycles. The van der Waals surface area contributed by atoms with Gasteiger partial charge in [0.1, 0.15) is 5.75 Å². The number of nitrogens with zero attached hydrogens (tertiary/aromatic N) is 2. The number of carbonyl (C=O) groups excluding carboxylic acids is 1. The Morgan fingerprint density at radius 2 is 2.21 bits per heavy atom. The van der Waals surface area contributed by atoms with Crippen LogP contribution in [-0.2, 0) is 18.3 Å². The molecule has 0 bridgehead atoms. The van der Waals surface area contributed by atoms with Crippen molar-refractivity contribution < 1.29 is 9.53 Å². The van der Waals surface area contributed by atoms with E-state index >= 15 is 0 Å². The van der Waals surface area contributed by atoms with Gasteiger partial charge in [0, 0.05) is 36.2 Å². The highest BCUT2D eigenvalue weighted by Crippen LogP contribution is 2.44. The Morgan fingerprint density at radius 1 is 1.25 bits per heavy atom. The number of nitrogens with one attached hydrogen (secondary N) is 1. The van der Waals surface area contributed by atoms with Crippen LogP contribution in [0.3, 0.4) is 0 Å². The van der Waals surface area contributed by atoms with Crippen LogP contribution in [0.25, 0.3) is 0 Å². The summed E-state index contributed by atoms with van der Waals surface area (Å²) in [5.41, 5.74) is 4.63. The molecule has 1 unspecified atom stereocenters. The summed E-state index contributed by atoms with van der Waals surface area (Å²) >= 11 is 0. The third kappa shape index (κ3) is 2.00. The van der Waals surface area contributed by atoms with E-state index in [1.165, 1.54) is 11.3 Å². The molecule has 1 aromatic carbocycles. The van der Waals surface area contributed by atoms with E-state index in [0.29, 0.717) is 0 Å². The zero-order valence-electron chi connectivity index (χ0n) is 13.7. The summed E-state index contributed by atoms with van der Waals surface area (Å²) < 4.78 is 5.55. The van der Waals surface area contributed by atoms with E-state index in [9.17, 15) is 4.79 Å². The van der Waals surface area contributed by atoms with Crippen LogP contribution < -0.4 is 4.74 Å². The van der Waals surface area contributed by atoms with Crippen molar-refractivity contribution in [2.75, 3.05) is 19.7 Å². The number of likely N-dealkylation sites (tertiary alicyclic amines) is 1.